The van der Waals surface area contributed by atoms with Gasteiger partial charge in [-0.3, -0.25) is 4.79 Å². The quantitative estimate of drug-likeness (QED) is 0.296. The second-order valence-electron chi connectivity index (χ2n) is 7.87. The molecule has 0 atom stereocenters. The van der Waals surface area contributed by atoms with Crippen molar-refractivity contribution in [3.63, 3.8) is 0 Å². The van der Waals surface area contributed by atoms with Gasteiger partial charge >= 0.3 is 6.18 Å². The van der Waals surface area contributed by atoms with Crippen LogP contribution in [0.4, 0.5) is 13.2 Å². The molecule has 2 aromatic carbocycles. The Morgan fingerprint density at radius 3 is 2.36 bits per heavy atom. The highest BCUT2D eigenvalue weighted by Gasteiger charge is 2.36. The van der Waals surface area contributed by atoms with E-state index < -0.39 is 32.7 Å². The first kappa shape index (κ1) is 25.7. The van der Waals surface area contributed by atoms with Gasteiger partial charge in [-0.2, -0.15) is 18.4 Å². The number of hydrogen-bond acceptors (Lipinski definition) is 5. The van der Waals surface area contributed by atoms with E-state index in [4.69, 9.17) is 11.6 Å². The summed E-state index contributed by atoms with van der Waals surface area (Å²) in [7, 11) is -3.47. The van der Waals surface area contributed by atoms with Crippen molar-refractivity contribution in [2.24, 2.45) is 0 Å². The van der Waals surface area contributed by atoms with Crippen LogP contribution < -0.4 is 5.56 Å². The van der Waals surface area contributed by atoms with Crippen molar-refractivity contribution >= 4 is 32.8 Å². The van der Waals surface area contributed by atoms with Crippen LogP contribution in [0.5, 0.6) is 0 Å². The summed E-state index contributed by atoms with van der Waals surface area (Å²) in [4.78, 5) is 14.2. The maximum Gasteiger partial charge on any atom is 0.417 e. The number of hydrogen-bond donors (Lipinski definition) is 0. The summed E-state index contributed by atoms with van der Waals surface area (Å²) >= 11 is 7.32. The summed E-state index contributed by atoms with van der Waals surface area (Å²) in [5.41, 5.74) is -2.41. The Bertz CT molecular complexity index is 1680. The molecule has 4 aromatic rings. The number of nitriles is 1. The van der Waals surface area contributed by atoms with Gasteiger partial charge in [0, 0.05) is 16.2 Å². The third-order valence-corrected chi connectivity index (χ3v) is 8.04. The van der Waals surface area contributed by atoms with Gasteiger partial charge in [-0.1, -0.05) is 41.9 Å². The summed E-state index contributed by atoms with van der Waals surface area (Å²) in [6.45, 7) is -0.155. The van der Waals surface area contributed by atoms with E-state index in [1.165, 1.54) is 18.2 Å². The zero-order chi connectivity index (χ0) is 26.3. The molecule has 2 aromatic heterocycles. The predicted molar refractivity (Wildman–Crippen MR) is 133 cm³/mol. The van der Waals surface area contributed by atoms with E-state index in [9.17, 15) is 31.6 Å². The Morgan fingerprint density at radius 2 is 1.72 bits per heavy atom. The Kier molecular flexibility index (Phi) is 6.84. The van der Waals surface area contributed by atoms with Gasteiger partial charge < -0.3 is 4.57 Å². The molecule has 0 fully saturated rings. The van der Waals surface area contributed by atoms with E-state index >= 15 is 0 Å². The standard InChI is InChI=1S/C25H16ClF3N2O3S2/c1-36(33,34)17-7-4-6-15(11-17)22-9-10-23(35-22)21-12-19(25(27,28)29)18(13-30)24(32)31(21)14-16-5-2-3-8-20(16)26/h2-12H,14H2,1H3. The SMILES string of the molecule is CS(=O)(=O)c1cccc(-c2ccc(-c3cc(C(F)(F)F)c(C#N)c(=O)n3Cc3ccccc3Cl)s2)c1. The minimum atomic E-state index is -4.92. The molecule has 0 spiro atoms. The van der Waals surface area contributed by atoms with Crippen LogP contribution in [-0.4, -0.2) is 19.2 Å². The lowest BCUT2D eigenvalue weighted by molar-refractivity contribution is -0.137. The fourth-order valence-corrected chi connectivity index (χ4v) is 5.54. The van der Waals surface area contributed by atoms with Crippen LogP contribution in [0.15, 0.2) is 76.4 Å². The first-order valence-corrected chi connectivity index (χ1v) is 13.4. The van der Waals surface area contributed by atoms with Crippen LogP contribution in [-0.2, 0) is 22.6 Å². The molecule has 0 aliphatic carbocycles. The van der Waals surface area contributed by atoms with E-state index in [1.54, 1.807) is 48.5 Å². The molecule has 4 rings (SSSR count). The molecule has 0 N–H and O–H groups in total. The van der Waals surface area contributed by atoms with Crippen LogP contribution in [0.25, 0.3) is 21.0 Å². The first-order chi connectivity index (χ1) is 16.9. The van der Waals surface area contributed by atoms with Crippen LogP contribution in [0.3, 0.4) is 0 Å². The molecule has 11 heteroatoms. The Morgan fingerprint density at radius 1 is 1.03 bits per heavy atom. The molecule has 0 amide bonds. The first-order valence-electron chi connectivity index (χ1n) is 10.3. The normalized spacial score (nSPS) is 11.9. The number of pyridine rings is 1. The van der Waals surface area contributed by atoms with Gasteiger partial charge in [0.25, 0.3) is 5.56 Å². The van der Waals surface area contributed by atoms with Gasteiger partial charge in [-0.25, -0.2) is 8.42 Å². The number of benzene rings is 2. The topological polar surface area (TPSA) is 79.9 Å². The average molecular weight is 549 g/mol. The maximum atomic E-state index is 13.8. The number of aromatic nitrogens is 1. The molecular weight excluding hydrogens is 533 g/mol. The minimum Gasteiger partial charge on any atom is -0.302 e. The number of sulfone groups is 1. The van der Waals surface area contributed by atoms with Gasteiger partial charge in [0.05, 0.1) is 27.6 Å². The Balaban J connectivity index is 1.93. The molecule has 184 valence electrons. The van der Waals surface area contributed by atoms with E-state index in [0.29, 0.717) is 25.9 Å². The predicted octanol–water partition coefficient (Wildman–Crippen LogP) is 6.24. The molecular formula is C25H16ClF3N2O3S2. The number of halogens is 4. The molecule has 0 saturated carbocycles. The Labute approximate surface area is 213 Å². The second-order valence-corrected chi connectivity index (χ2v) is 11.4. The largest absolute Gasteiger partial charge is 0.417 e. The van der Waals surface area contributed by atoms with Crippen LogP contribution in [0.1, 0.15) is 16.7 Å². The van der Waals surface area contributed by atoms with Crippen molar-refractivity contribution in [2.75, 3.05) is 6.26 Å². The van der Waals surface area contributed by atoms with E-state index in [-0.39, 0.29) is 17.1 Å². The molecule has 36 heavy (non-hydrogen) atoms. The average Bonchev–Trinajstić information content (AvgIpc) is 3.30. The van der Waals surface area contributed by atoms with Gasteiger partial charge in [0.1, 0.15) is 11.6 Å². The Hall–Kier alpha value is -3.39. The molecule has 0 aliphatic heterocycles. The molecule has 0 radical (unpaired) electrons. The van der Waals surface area contributed by atoms with Crippen molar-refractivity contribution in [3.8, 4) is 27.1 Å². The number of nitrogens with zero attached hydrogens (tertiary/aromatic N) is 2. The molecule has 0 unspecified atom stereocenters. The van der Waals surface area contributed by atoms with Crippen molar-refractivity contribution in [3.05, 3.63) is 98.8 Å². The van der Waals surface area contributed by atoms with E-state index in [2.05, 4.69) is 0 Å². The van der Waals surface area contributed by atoms with Crippen molar-refractivity contribution < 1.29 is 21.6 Å². The molecule has 0 saturated heterocycles. The van der Waals surface area contributed by atoms with Crippen molar-refractivity contribution in [2.45, 2.75) is 17.6 Å². The van der Waals surface area contributed by atoms with Crippen LogP contribution in [0.2, 0.25) is 5.02 Å². The lowest BCUT2D eigenvalue weighted by atomic mass is 10.1. The number of thiophene rings is 1. The summed E-state index contributed by atoms with van der Waals surface area (Å²) < 4.78 is 66.3. The second kappa shape index (κ2) is 9.58. The zero-order valence-electron chi connectivity index (χ0n) is 18.5. The fourth-order valence-electron chi connectivity index (χ4n) is 3.65. The van der Waals surface area contributed by atoms with Gasteiger partial charge in [-0.05, 0) is 47.5 Å². The van der Waals surface area contributed by atoms with Crippen LogP contribution >= 0.6 is 22.9 Å². The van der Waals surface area contributed by atoms with E-state index in [1.807, 2.05) is 0 Å². The van der Waals surface area contributed by atoms with Gasteiger partial charge in [0.15, 0.2) is 9.84 Å². The third kappa shape index (κ3) is 5.09. The minimum absolute atomic E-state index is 0.0400. The monoisotopic (exact) mass is 548 g/mol. The highest BCUT2D eigenvalue weighted by atomic mass is 35.5. The molecule has 5 nitrogen and oxygen atoms in total. The number of rotatable bonds is 5. The highest BCUT2D eigenvalue weighted by molar-refractivity contribution is 7.90. The van der Waals surface area contributed by atoms with Gasteiger partial charge in [0.2, 0.25) is 0 Å². The summed E-state index contributed by atoms with van der Waals surface area (Å²) in [6, 6.07) is 18.1. The van der Waals surface area contributed by atoms with Gasteiger partial charge in [-0.15, -0.1) is 11.3 Å². The fraction of sp³-hybridized carbons (Fsp3) is 0.120. The maximum absolute atomic E-state index is 13.8. The molecule has 0 aliphatic rings. The van der Waals surface area contributed by atoms with Crippen molar-refractivity contribution in [1.29, 1.82) is 5.26 Å². The number of alkyl halides is 3. The zero-order valence-corrected chi connectivity index (χ0v) is 20.9. The van der Waals surface area contributed by atoms with Crippen LogP contribution in [0, 0.1) is 11.3 Å². The lowest BCUT2D eigenvalue weighted by Crippen LogP contribution is -2.28. The summed E-state index contributed by atoms with van der Waals surface area (Å²) in [5.74, 6) is 0. The lowest BCUT2D eigenvalue weighted by Gasteiger charge is -2.17. The molecule has 2 heterocycles. The highest BCUT2D eigenvalue weighted by Crippen LogP contribution is 2.38. The van der Waals surface area contributed by atoms with Crippen molar-refractivity contribution in [1.82, 2.24) is 4.57 Å². The molecule has 0 bridgehead atoms. The third-order valence-electron chi connectivity index (χ3n) is 5.41. The summed E-state index contributed by atoms with van der Waals surface area (Å²) in [6.07, 6.45) is -3.85. The van der Waals surface area contributed by atoms with E-state index in [0.717, 1.165) is 28.2 Å². The summed E-state index contributed by atoms with van der Waals surface area (Å²) in [5, 5.41) is 9.70. The smallest absolute Gasteiger partial charge is 0.302 e.